The molecule has 148 valence electrons. The van der Waals surface area contributed by atoms with Gasteiger partial charge in [-0.25, -0.2) is 0 Å². The molecule has 0 aliphatic rings. The average molecular weight is 391 g/mol. The summed E-state index contributed by atoms with van der Waals surface area (Å²) in [5.74, 6) is 0.0489. The lowest BCUT2D eigenvalue weighted by Gasteiger charge is -2.17. The van der Waals surface area contributed by atoms with Gasteiger partial charge in [0.15, 0.2) is 0 Å². The minimum Gasteiger partial charge on any atom is -0.459 e. The molecule has 1 heterocycles. The molecule has 0 aliphatic heterocycles. The molecule has 0 aliphatic carbocycles. The van der Waals surface area contributed by atoms with E-state index in [1.165, 1.54) is 18.2 Å². The third kappa shape index (κ3) is 4.85. The molecular weight excluding hydrogens is 371 g/mol. The Morgan fingerprint density at radius 3 is 2.50 bits per heavy atom. The molecule has 3 rings (SSSR count). The van der Waals surface area contributed by atoms with Crippen LogP contribution in [0.25, 0.3) is 10.9 Å². The quantitative estimate of drug-likeness (QED) is 0.530. The van der Waals surface area contributed by atoms with Gasteiger partial charge >= 0.3 is 6.36 Å². The van der Waals surface area contributed by atoms with Gasteiger partial charge < -0.3 is 14.5 Å². The fourth-order valence-corrected chi connectivity index (χ4v) is 3.11. The summed E-state index contributed by atoms with van der Waals surface area (Å²) in [4.78, 5) is 14.1. The number of alkyl halides is 3. The third-order valence-corrected chi connectivity index (χ3v) is 4.46. The molecule has 0 radical (unpaired) electrons. The van der Waals surface area contributed by atoms with Crippen molar-refractivity contribution >= 4 is 17.4 Å². The highest BCUT2D eigenvalue weighted by molar-refractivity contribution is 5.82. The zero-order valence-electron chi connectivity index (χ0n) is 15.4. The zero-order valence-corrected chi connectivity index (χ0v) is 15.4. The summed E-state index contributed by atoms with van der Waals surface area (Å²) in [6, 6.07) is 13.6. The van der Waals surface area contributed by atoms with Gasteiger partial charge in [-0.05, 0) is 41.3 Å². The van der Waals surface area contributed by atoms with Crippen LogP contribution < -0.4 is 4.74 Å². The van der Waals surface area contributed by atoms with Crippen molar-refractivity contribution in [3.8, 4) is 5.75 Å². The molecule has 0 bridgehead atoms. The van der Waals surface area contributed by atoms with Crippen LogP contribution in [0.3, 0.4) is 0 Å². The molecule has 2 aromatic carbocycles. The van der Waals surface area contributed by atoms with Crippen molar-refractivity contribution in [3.63, 3.8) is 0 Å². The van der Waals surface area contributed by atoms with Crippen molar-refractivity contribution in [2.45, 2.75) is 38.7 Å². The fraction of sp³-hybridized carbons (Fsp3) is 0.286. The molecule has 3 aromatic rings. The van der Waals surface area contributed by atoms with Crippen LogP contribution in [0.2, 0.25) is 0 Å². The van der Waals surface area contributed by atoms with Crippen LogP contribution in [0.4, 0.5) is 13.2 Å². The predicted molar refractivity (Wildman–Crippen MR) is 99.1 cm³/mol. The number of aromatic amines is 1. The number of halogens is 3. The summed E-state index contributed by atoms with van der Waals surface area (Å²) in [5.41, 5.74) is 3.40. The van der Waals surface area contributed by atoms with Crippen LogP contribution in [0.5, 0.6) is 5.75 Å². The van der Waals surface area contributed by atoms with Crippen LogP contribution >= 0.6 is 0 Å². The van der Waals surface area contributed by atoms with Gasteiger partial charge in [0.25, 0.3) is 6.47 Å². The largest absolute Gasteiger partial charge is 0.573 e. The summed E-state index contributed by atoms with van der Waals surface area (Å²) >= 11 is 0. The molecule has 4 nitrogen and oxygen atoms in total. The number of H-pyrrole nitrogens is 1. The number of rotatable bonds is 7. The molecule has 0 amide bonds. The van der Waals surface area contributed by atoms with E-state index in [4.69, 9.17) is 4.74 Å². The minimum absolute atomic E-state index is 0.282. The van der Waals surface area contributed by atoms with E-state index in [1.54, 1.807) is 6.07 Å². The van der Waals surface area contributed by atoms with E-state index in [0.717, 1.165) is 16.8 Å². The average Bonchev–Trinajstić information content (AvgIpc) is 3.01. The normalized spacial score (nSPS) is 12.9. The molecule has 1 unspecified atom stereocenters. The standard InChI is InChI=1S/C21H20F3NO3/c1-13(2)14-4-3-5-15(8-14)20(27-12-26)11-17-9-16-10-18(28-21(22,23)24)6-7-19(16)25-17/h3-10,12-13,20,25H,11H2,1-2H3. The first kappa shape index (κ1) is 19.8. The Balaban J connectivity index is 1.86. The van der Waals surface area contributed by atoms with Crippen molar-refractivity contribution < 1.29 is 27.4 Å². The van der Waals surface area contributed by atoms with Gasteiger partial charge in [0.1, 0.15) is 11.9 Å². The van der Waals surface area contributed by atoms with Crippen LogP contribution in [0, 0.1) is 0 Å². The lowest BCUT2D eigenvalue weighted by atomic mass is 9.97. The molecule has 0 fully saturated rings. The van der Waals surface area contributed by atoms with Gasteiger partial charge in [-0.3, -0.25) is 4.79 Å². The highest BCUT2D eigenvalue weighted by Gasteiger charge is 2.31. The maximum atomic E-state index is 12.4. The van der Waals surface area contributed by atoms with E-state index in [1.807, 2.05) is 24.3 Å². The summed E-state index contributed by atoms with van der Waals surface area (Å²) in [6.07, 6.45) is -4.88. The summed E-state index contributed by atoms with van der Waals surface area (Å²) in [7, 11) is 0. The van der Waals surface area contributed by atoms with Crippen molar-refractivity contribution in [1.29, 1.82) is 0 Å². The van der Waals surface area contributed by atoms with Crippen molar-refractivity contribution in [2.24, 2.45) is 0 Å². The number of carbonyl (C=O) groups is 1. The molecule has 0 saturated carbocycles. The Labute approximate surface area is 160 Å². The second-order valence-electron chi connectivity index (χ2n) is 6.84. The van der Waals surface area contributed by atoms with Crippen LogP contribution in [-0.4, -0.2) is 17.8 Å². The highest BCUT2D eigenvalue weighted by Crippen LogP contribution is 2.29. The second kappa shape index (κ2) is 7.96. The van der Waals surface area contributed by atoms with E-state index in [9.17, 15) is 18.0 Å². The Morgan fingerprint density at radius 2 is 1.82 bits per heavy atom. The SMILES string of the molecule is CC(C)c1cccc(C(Cc2cc3cc(OC(F)(F)F)ccc3[nH]2)OC=O)c1. The zero-order chi connectivity index (χ0) is 20.3. The number of hydrogen-bond donors (Lipinski definition) is 1. The van der Waals surface area contributed by atoms with E-state index in [-0.39, 0.29) is 5.75 Å². The molecule has 1 aromatic heterocycles. The maximum Gasteiger partial charge on any atom is 0.573 e. The Morgan fingerprint density at radius 1 is 1.07 bits per heavy atom. The lowest BCUT2D eigenvalue weighted by Crippen LogP contribution is -2.16. The Hall–Kier alpha value is -2.96. The Kier molecular flexibility index (Phi) is 5.63. The van der Waals surface area contributed by atoms with E-state index in [0.29, 0.717) is 29.7 Å². The minimum atomic E-state index is -4.74. The maximum absolute atomic E-state index is 12.4. The number of benzene rings is 2. The second-order valence-corrected chi connectivity index (χ2v) is 6.84. The number of carbonyl (C=O) groups excluding carboxylic acids is 1. The van der Waals surface area contributed by atoms with Gasteiger partial charge in [-0.2, -0.15) is 0 Å². The van der Waals surface area contributed by atoms with Crippen molar-refractivity contribution in [1.82, 2.24) is 4.98 Å². The predicted octanol–water partition coefficient (Wildman–Crippen LogP) is 5.65. The van der Waals surface area contributed by atoms with Gasteiger partial charge in [-0.1, -0.05) is 38.1 Å². The summed E-state index contributed by atoms with van der Waals surface area (Å²) < 4.78 is 46.4. The number of aromatic nitrogens is 1. The number of hydrogen-bond acceptors (Lipinski definition) is 3. The van der Waals surface area contributed by atoms with Gasteiger partial charge in [-0.15, -0.1) is 13.2 Å². The van der Waals surface area contributed by atoms with E-state index >= 15 is 0 Å². The molecular formula is C21H20F3NO3. The van der Waals surface area contributed by atoms with Crippen LogP contribution in [0.1, 0.15) is 42.7 Å². The van der Waals surface area contributed by atoms with Gasteiger partial charge in [0, 0.05) is 23.0 Å². The van der Waals surface area contributed by atoms with E-state index < -0.39 is 12.5 Å². The first-order chi connectivity index (χ1) is 13.2. The van der Waals surface area contributed by atoms with Crippen LogP contribution in [0.15, 0.2) is 48.5 Å². The first-order valence-corrected chi connectivity index (χ1v) is 8.81. The summed E-state index contributed by atoms with van der Waals surface area (Å²) in [5, 5.41) is 0.581. The highest BCUT2D eigenvalue weighted by atomic mass is 19.4. The fourth-order valence-electron chi connectivity index (χ4n) is 3.11. The summed E-state index contributed by atoms with van der Waals surface area (Å²) in [6.45, 7) is 4.56. The first-order valence-electron chi connectivity index (χ1n) is 8.81. The smallest absolute Gasteiger partial charge is 0.459 e. The molecule has 0 spiro atoms. The van der Waals surface area contributed by atoms with E-state index in [2.05, 4.69) is 23.6 Å². The van der Waals surface area contributed by atoms with Crippen molar-refractivity contribution in [2.75, 3.05) is 0 Å². The lowest BCUT2D eigenvalue weighted by molar-refractivity contribution is -0.274. The number of nitrogens with one attached hydrogen (secondary N) is 1. The van der Waals surface area contributed by atoms with Gasteiger partial charge in [0.2, 0.25) is 0 Å². The van der Waals surface area contributed by atoms with Crippen molar-refractivity contribution in [3.05, 3.63) is 65.4 Å². The number of ether oxygens (including phenoxy) is 2. The molecule has 0 saturated heterocycles. The van der Waals surface area contributed by atoms with Crippen LogP contribution in [-0.2, 0) is 16.0 Å². The molecule has 28 heavy (non-hydrogen) atoms. The topological polar surface area (TPSA) is 51.3 Å². The van der Waals surface area contributed by atoms with Gasteiger partial charge in [0.05, 0.1) is 0 Å². The molecule has 7 heteroatoms. The molecule has 1 atom stereocenters. The molecule has 1 N–H and O–H groups in total. The Bertz CT molecular complexity index is 963. The number of fused-ring (bicyclic) bond motifs is 1. The third-order valence-electron chi connectivity index (χ3n) is 4.46. The monoisotopic (exact) mass is 391 g/mol.